The number of non-ortho nitro benzene ring substituents is 1. The highest BCUT2D eigenvalue weighted by molar-refractivity contribution is 9.11. The molecule has 0 fully saturated rings. The predicted molar refractivity (Wildman–Crippen MR) is 112 cm³/mol. The molecule has 0 aliphatic carbocycles. The van der Waals surface area contributed by atoms with Gasteiger partial charge in [0.05, 0.1) is 14.4 Å². The lowest BCUT2D eigenvalue weighted by Gasteiger charge is -2.28. The Bertz CT molecular complexity index is 905. The normalized spacial score (nSPS) is 13.0. The number of ether oxygens (including phenoxy) is 1. The van der Waals surface area contributed by atoms with Gasteiger partial charge in [-0.05, 0) is 34.1 Å². The van der Waals surface area contributed by atoms with Gasteiger partial charge >= 0.3 is 0 Å². The average molecular weight is 486 g/mol. The van der Waals surface area contributed by atoms with Crippen molar-refractivity contribution in [2.24, 2.45) is 0 Å². The molecule has 0 spiro atoms. The van der Waals surface area contributed by atoms with Crippen LogP contribution in [0.2, 0.25) is 0 Å². The third kappa shape index (κ3) is 5.24. The quantitative estimate of drug-likeness (QED) is 0.350. The number of hydrogen-bond donors (Lipinski definition) is 1. The fourth-order valence-corrected chi connectivity index (χ4v) is 4.99. The van der Waals surface area contributed by atoms with Crippen LogP contribution in [0, 0.1) is 10.1 Å². The zero-order valence-electron chi connectivity index (χ0n) is 14.6. The number of carbonyl (C=O) groups is 2. The lowest BCUT2D eigenvalue weighted by molar-refractivity contribution is -0.384. The Morgan fingerprint density at radius 3 is 2.93 bits per heavy atom. The van der Waals surface area contributed by atoms with Crippen LogP contribution in [0.15, 0.2) is 34.1 Å². The number of hydrogen-bond acceptors (Lipinski definition) is 7. The second-order valence-electron chi connectivity index (χ2n) is 5.79. The van der Waals surface area contributed by atoms with Crippen molar-refractivity contribution >= 4 is 62.2 Å². The number of halogens is 1. The van der Waals surface area contributed by atoms with Crippen LogP contribution in [-0.4, -0.2) is 42.2 Å². The number of amides is 2. The van der Waals surface area contributed by atoms with Crippen LogP contribution in [0.4, 0.5) is 11.4 Å². The first kappa shape index (κ1) is 20.6. The number of nitrogens with one attached hydrogen (secondary N) is 1. The van der Waals surface area contributed by atoms with Crippen LogP contribution >= 0.6 is 39.0 Å². The van der Waals surface area contributed by atoms with E-state index in [2.05, 4.69) is 27.3 Å². The molecule has 0 radical (unpaired) electrons. The highest BCUT2D eigenvalue weighted by Crippen LogP contribution is 2.35. The second-order valence-corrected chi connectivity index (χ2v) is 9.44. The third-order valence-corrected chi connectivity index (χ3v) is 6.65. The minimum absolute atomic E-state index is 0.168. The Hall–Kier alpha value is -2.11. The zero-order chi connectivity index (χ0) is 20.1. The summed E-state index contributed by atoms with van der Waals surface area (Å²) in [6.07, 6.45) is 0. The van der Waals surface area contributed by atoms with Crippen molar-refractivity contribution in [2.45, 2.75) is 5.75 Å². The van der Waals surface area contributed by atoms with Gasteiger partial charge in [-0.25, -0.2) is 0 Å². The number of fused-ring (bicyclic) bond motifs is 1. The maximum Gasteiger partial charge on any atom is 0.271 e. The van der Waals surface area contributed by atoms with Crippen molar-refractivity contribution in [2.75, 3.05) is 30.3 Å². The fourth-order valence-electron chi connectivity index (χ4n) is 2.54. The molecule has 1 N–H and O–H groups in total. The molecule has 1 aliphatic rings. The van der Waals surface area contributed by atoms with Crippen LogP contribution in [0.25, 0.3) is 0 Å². The first-order valence-corrected chi connectivity index (χ1v) is 11.0. The number of nitrogens with zero attached hydrogens (tertiary/aromatic N) is 2. The SMILES string of the molecule is O=C(CN1C(=O)COc2ccc([N+](=O)[O-])cc21)NCCSCc1ccc(Br)s1. The van der Waals surface area contributed by atoms with E-state index >= 15 is 0 Å². The van der Waals surface area contributed by atoms with Crippen molar-refractivity contribution in [1.82, 2.24) is 5.32 Å². The lowest BCUT2D eigenvalue weighted by Crippen LogP contribution is -2.45. The molecule has 28 heavy (non-hydrogen) atoms. The molecule has 0 unspecified atom stereocenters. The summed E-state index contributed by atoms with van der Waals surface area (Å²) in [5.74, 6) is 1.20. The first-order valence-electron chi connectivity index (χ1n) is 8.24. The molecule has 1 aromatic carbocycles. The molecule has 1 aliphatic heterocycles. The monoisotopic (exact) mass is 485 g/mol. The highest BCUT2D eigenvalue weighted by atomic mass is 79.9. The number of benzene rings is 1. The standard InChI is InChI=1S/C17H16BrN3O5S2/c18-15-4-2-12(28-15)10-27-6-5-19-16(22)8-20-13-7-11(21(24)25)1-3-14(13)26-9-17(20)23/h1-4,7H,5-6,8-10H2,(H,19,22). The van der Waals surface area contributed by atoms with Gasteiger partial charge in [-0.15, -0.1) is 11.3 Å². The maximum absolute atomic E-state index is 12.2. The average Bonchev–Trinajstić information content (AvgIpc) is 3.08. The Kier molecular flexibility index (Phi) is 6.92. The number of nitro benzene ring substituents is 1. The van der Waals surface area contributed by atoms with E-state index in [-0.39, 0.29) is 30.4 Å². The maximum atomic E-state index is 12.2. The molecule has 3 rings (SSSR count). The van der Waals surface area contributed by atoms with Crippen molar-refractivity contribution in [3.8, 4) is 5.75 Å². The van der Waals surface area contributed by atoms with Gasteiger partial charge in [0.15, 0.2) is 6.61 Å². The van der Waals surface area contributed by atoms with Gasteiger partial charge in [0.2, 0.25) is 5.91 Å². The molecule has 2 amide bonds. The summed E-state index contributed by atoms with van der Waals surface area (Å²) in [4.78, 5) is 37.3. The third-order valence-electron chi connectivity index (χ3n) is 3.84. The van der Waals surface area contributed by atoms with Gasteiger partial charge in [-0.3, -0.25) is 24.6 Å². The Balaban J connectivity index is 1.51. The van der Waals surface area contributed by atoms with Crippen LogP contribution in [0.1, 0.15) is 4.88 Å². The second kappa shape index (κ2) is 9.39. The van der Waals surface area contributed by atoms with Gasteiger partial charge in [-0.1, -0.05) is 0 Å². The molecular formula is C17H16BrN3O5S2. The Labute approximate surface area is 177 Å². The number of nitro groups is 1. The van der Waals surface area contributed by atoms with Crippen LogP contribution in [0.5, 0.6) is 5.75 Å². The van der Waals surface area contributed by atoms with Crippen molar-refractivity contribution in [3.63, 3.8) is 0 Å². The topological polar surface area (TPSA) is 102 Å². The summed E-state index contributed by atoms with van der Waals surface area (Å²) < 4.78 is 6.38. The van der Waals surface area contributed by atoms with E-state index in [0.717, 1.165) is 15.3 Å². The molecule has 1 aromatic heterocycles. The number of thiophene rings is 1. The van der Waals surface area contributed by atoms with Crippen molar-refractivity contribution in [3.05, 3.63) is 49.1 Å². The number of carbonyl (C=O) groups excluding carboxylic acids is 2. The van der Waals surface area contributed by atoms with Gasteiger partial charge in [0.1, 0.15) is 12.3 Å². The van der Waals surface area contributed by atoms with Crippen LogP contribution in [-0.2, 0) is 15.3 Å². The van der Waals surface area contributed by atoms with E-state index in [9.17, 15) is 19.7 Å². The van der Waals surface area contributed by atoms with E-state index in [1.807, 2.05) is 6.07 Å². The molecule has 0 bridgehead atoms. The molecule has 2 heterocycles. The van der Waals surface area contributed by atoms with Crippen LogP contribution in [0.3, 0.4) is 0 Å². The zero-order valence-corrected chi connectivity index (χ0v) is 17.8. The van der Waals surface area contributed by atoms with Gasteiger partial charge in [0, 0.05) is 35.1 Å². The molecule has 0 saturated heterocycles. The highest BCUT2D eigenvalue weighted by Gasteiger charge is 2.29. The van der Waals surface area contributed by atoms with E-state index in [4.69, 9.17) is 4.74 Å². The van der Waals surface area contributed by atoms with Gasteiger partial charge in [-0.2, -0.15) is 11.8 Å². The molecule has 148 valence electrons. The number of rotatable bonds is 8. The molecular weight excluding hydrogens is 470 g/mol. The molecule has 2 aromatic rings. The minimum atomic E-state index is -0.555. The summed E-state index contributed by atoms with van der Waals surface area (Å²) in [6, 6.07) is 8.04. The smallest absolute Gasteiger partial charge is 0.271 e. The van der Waals surface area contributed by atoms with E-state index in [1.165, 1.54) is 28.0 Å². The molecule has 11 heteroatoms. The van der Waals surface area contributed by atoms with Gasteiger partial charge in [0.25, 0.3) is 11.6 Å². The first-order chi connectivity index (χ1) is 13.4. The minimum Gasteiger partial charge on any atom is -0.482 e. The predicted octanol–water partition coefficient (Wildman–Crippen LogP) is 3.19. The number of anilines is 1. The van der Waals surface area contributed by atoms with E-state index in [1.54, 1.807) is 23.1 Å². The summed E-state index contributed by atoms with van der Waals surface area (Å²) in [7, 11) is 0. The largest absolute Gasteiger partial charge is 0.482 e. The lowest BCUT2D eigenvalue weighted by atomic mass is 10.2. The Morgan fingerprint density at radius 2 is 2.21 bits per heavy atom. The van der Waals surface area contributed by atoms with E-state index in [0.29, 0.717) is 12.3 Å². The van der Waals surface area contributed by atoms with Crippen LogP contribution < -0.4 is 15.0 Å². The molecule has 8 nitrogen and oxygen atoms in total. The number of thioether (sulfide) groups is 1. The summed E-state index contributed by atoms with van der Waals surface area (Å²) in [5, 5.41) is 13.8. The molecule has 0 atom stereocenters. The van der Waals surface area contributed by atoms with Crippen molar-refractivity contribution in [1.29, 1.82) is 0 Å². The summed E-state index contributed by atoms with van der Waals surface area (Å²) >= 11 is 6.80. The van der Waals surface area contributed by atoms with E-state index < -0.39 is 10.8 Å². The van der Waals surface area contributed by atoms with Gasteiger partial charge < -0.3 is 10.1 Å². The fraction of sp³-hybridized carbons (Fsp3) is 0.294. The Morgan fingerprint density at radius 1 is 1.39 bits per heavy atom. The summed E-state index contributed by atoms with van der Waals surface area (Å²) in [5.41, 5.74) is 0.0670. The van der Waals surface area contributed by atoms with Crippen molar-refractivity contribution < 1.29 is 19.2 Å². The molecule has 0 saturated carbocycles. The summed E-state index contributed by atoms with van der Waals surface area (Å²) in [6.45, 7) is 0.0551.